The first-order chi connectivity index (χ1) is 47.4. The lowest BCUT2D eigenvalue weighted by atomic mass is 9.88. The first-order valence-electron chi connectivity index (χ1n) is 39.0. The normalized spacial score (nSPS) is 27.3. The van der Waals surface area contributed by atoms with Crippen LogP contribution in [0.2, 0.25) is 0 Å². The molecule has 3 saturated heterocycles. The summed E-state index contributed by atoms with van der Waals surface area (Å²) in [6, 6.07) is -2.52. The SMILES string of the molecule is CCCCCCCCCCCCCCCC/C=C\CCCCCCCCCCCCCCCCCCCC(=O)NC(COC1OC(CO)C(OC2OC(CO)C(O)C(OC3(C(=O)O)CC(O)C(NC(C)=O)C(C(O)C(O)CO)O3)C2O)C(O)C1O)C(O)CCCCCCCCCCC. The van der Waals surface area contributed by atoms with Crippen molar-refractivity contribution in [2.75, 3.05) is 26.4 Å². The van der Waals surface area contributed by atoms with Gasteiger partial charge in [0.2, 0.25) is 11.8 Å². The Balaban J connectivity index is 1.40. The van der Waals surface area contributed by atoms with Gasteiger partial charge in [0.25, 0.3) is 5.79 Å². The maximum absolute atomic E-state index is 13.5. The van der Waals surface area contributed by atoms with Crippen LogP contribution in [0.3, 0.4) is 0 Å². The highest BCUT2D eigenvalue weighted by molar-refractivity contribution is 5.77. The van der Waals surface area contributed by atoms with Crippen molar-refractivity contribution < 1.29 is 104 Å². The van der Waals surface area contributed by atoms with Crippen molar-refractivity contribution in [3.8, 4) is 0 Å². The summed E-state index contributed by atoms with van der Waals surface area (Å²) < 4.78 is 34.8. The summed E-state index contributed by atoms with van der Waals surface area (Å²) in [5.41, 5.74) is 0. The minimum atomic E-state index is -3.08. The number of carbonyl (C=O) groups excluding carboxylic acids is 2. The van der Waals surface area contributed by atoms with Crippen LogP contribution in [0, 0.1) is 0 Å². The van der Waals surface area contributed by atoms with E-state index in [-0.39, 0.29) is 18.9 Å². The number of hydrogen-bond donors (Lipinski definition) is 14. The fourth-order valence-electron chi connectivity index (χ4n) is 13.8. The number of hydrogen-bond acceptors (Lipinski definition) is 20. The maximum atomic E-state index is 13.5. The van der Waals surface area contributed by atoms with Crippen LogP contribution < -0.4 is 10.6 Å². The molecule has 3 heterocycles. The Morgan fingerprint density at radius 1 is 0.520 bits per heavy atom. The molecule has 0 aromatic rings. The van der Waals surface area contributed by atoms with E-state index >= 15 is 0 Å². The highest BCUT2D eigenvalue weighted by Crippen LogP contribution is 2.39. The van der Waals surface area contributed by atoms with Crippen LogP contribution in [0.1, 0.15) is 310 Å². The molecule has 576 valence electrons. The monoisotopic (exact) mass is 1400 g/mol. The van der Waals surface area contributed by atoms with Crippen LogP contribution in [-0.2, 0) is 42.8 Å². The molecule has 18 unspecified atom stereocenters. The first kappa shape index (κ1) is 89.7. The number of nitrogens with one attached hydrogen (secondary N) is 2. The second kappa shape index (κ2) is 55.0. The lowest BCUT2D eigenvalue weighted by Gasteiger charge is -2.50. The Bertz CT molecular complexity index is 2010. The third kappa shape index (κ3) is 35.8. The summed E-state index contributed by atoms with van der Waals surface area (Å²) in [5.74, 6) is -6.10. The van der Waals surface area contributed by atoms with E-state index in [1.165, 1.54) is 205 Å². The number of carboxylic acid groups (broad SMARTS) is 1. The van der Waals surface area contributed by atoms with Crippen LogP contribution in [0.25, 0.3) is 0 Å². The van der Waals surface area contributed by atoms with Gasteiger partial charge in [0.15, 0.2) is 12.6 Å². The quantitative estimate of drug-likeness (QED) is 0.0199. The molecule has 0 aromatic carbocycles. The predicted molar refractivity (Wildman–Crippen MR) is 375 cm³/mol. The van der Waals surface area contributed by atoms with Gasteiger partial charge < -0.3 is 100 Å². The molecular formula is C75H140N2O21. The average molecular weight is 1410 g/mol. The molecule has 23 nitrogen and oxygen atoms in total. The lowest BCUT2D eigenvalue weighted by molar-refractivity contribution is -0.386. The van der Waals surface area contributed by atoms with Gasteiger partial charge in [0.1, 0.15) is 67.1 Å². The number of ether oxygens (including phenoxy) is 6. The molecule has 2 amide bonds. The third-order valence-electron chi connectivity index (χ3n) is 20.0. The Morgan fingerprint density at radius 3 is 1.38 bits per heavy atom. The zero-order valence-corrected chi connectivity index (χ0v) is 60.7. The minimum absolute atomic E-state index is 0.226. The van der Waals surface area contributed by atoms with Gasteiger partial charge >= 0.3 is 5.97 Å². The second-order valence-electron chi connectivity index (χ2n) is 28.6. The maximum Gasteiger partial charge on any atom is 0.364 e. The zero-order valence-electron chi connectivity index (χ0n) is 60.7. The molecule has 3 fully saturated rings. The fourth-order valence-corrected chi connectivity index (χ4v) is 13.8. The fraction of sp³-hybridized carbons (Fsp3) is 0.933. The number of carbonyl (C=O) groups is 3. The molecule has 3 aliphatic heterocycles. The minimum Gasteiger partial charge on any atom is -0.477 e. The standard InChI is InChI=1S/C75H140N2O21/c1-4-6-8-10-12-14-15-16-17-18-19-20-21-22-23-24-25-26-27-28-29-30-31-32-33-34-35-36-37-38-39-41-43-45-47-49-62(85)77-56(57(82)48-46-44-42-40-13-11-9-7-5-2)54-93-72-67(89)66(88)69(61(53-80)95-72)96-73-68(90)71(65(87)60(52-79)94-73)98-75(74(91)92)50-58(83)63(76-55(3)81)70(97-75)64(86)59(84)51-78/h24-25,56-61,63-73,78-80,82-84,86-90H,4-23,26-54H2,1-3H3,(H,76,81)(H,77,85)(H,91,92)/b25-24-. The van der Waals surface area contributed by atoms with E-state index in [0.717, 1.165) is 58.3 Å². The third-order valence-corrected chi connectivity index (χ3v) is 20.0. The number of rotatable bonds is 61. The van der Waals surface area contributed by atoms with E-state index in [0.29, 0.717) is 19.3 Å². The molecule has 0 aliphatic carbocycles. The number of allylic oxidation sites excluding steroid dienone is 2. The van der Waals surface area contributed by atoms with Gasteiger partial charge in [-0.2, -0.15) is 0 Å². The summed E-state index contributed by atoms with van der Waals surface area (Å²) >= 11 is 0. The van der Waals surface area contributed by atoms with Gasteiger partial charge in [-0.15, -0.1) is 0 Å². The summed E-state index contributed by atoms with van der Waals surface area (Å²) in [6.45, 7) is 2.19. The van der Waals surface area contributed by atoms with E-state index in [1.807, 2.05) is 0 Å². The van der Waals surface area contributed by atoms with Crippen LogP contribution in [0.15, 0.2) is 12.2 Å². The molecule has 14 N–H and O–H groups in total. The van der Waals surface area contributed by atoms with Gasteiger partial charge in [-0.1, -0.05) is 264 Å². The molecule has 23 heteroatoms. The number of amides is 2. The molecule has 98 heavy (non-hydrogen) atoms. The largest absolute Gasteiger partial charge is 0.477 e. The Labute approximate surface area is 588 Å². The van der Waals surface area contributed by atoms with Gasteiger partial charge in [-0.25, -0.2) is 4.79 Å². The molecule has 18 atom stereocenters. The number of carboxylic acids is 1. The van der Waals surface area contributed by atoms with Crippen LogP contribution in [-0.4, -0.2) is 215 Å². The van der Waals surface area contributed by atoms with Gasteiger partial charge in [0, 0.05) is 19.8 Å². The van der Waals surface area contributed by atoms with Crippen molar-refractivity contribution in [2.45, 2.75) is 420 Å². The van der Waals surface area contributed by atoms with Crippen molar-refractivity contribution >= 4 is 17.8 Å². The first-order valence-corrected chi connectivity index (χ1v) is 39.0. The molecule has 0 radical (unpaired) electrons. The average Bonchev–Trinajstić information content (AvgIpc) is 0.756. The summed E-state index contributed by atoms with van der Waals surface area (Å²) in [6.07, 6.45) is 28.5. The molecule has 0 bridgehead atoms. The van der Waals surface area contributed by atoms with E-state index in [9.17, 15) is 75.7 Å². The van der Waals surface area contributed by atoms with Crippen LogP contribution in [0.4, 0.5) is 0 Å². The van der Waals surface area contributed by atoms with E-state index < -0.39 is 148 Å². The number of unbranched alkanes of at least 4 members (excludes halogenated alkanes) is 39. The molecular weight excluding hydrogens is 1260 g/mol. The summed E-state index contributed by atoms with van der Waals surface area (Å²) in [7, 11) is 0. The topological polar surface area (TPSA) is 373 Å². The van der Waals surface area contributed by atoms with Crippen LogP contribution >= 0.6 is 0 Å². The highest BCUT2D eigenvalue weighted by atomic mass is 16.8. The number of aliphatic hydroxyl groups excluding tert-OH is 11. The van der Waals surface area contributed by atoms with Crippen molar-refractivity contribution in [2.24, 2.45) is 0 Å². The van der Waals surface area contributed by atoms with Gasteiger partial charge in [-0.05, 0) is 38.5 Å². The Morgan fingerprint density at radius 2 is 0.949 bits per heavy atom. The van der Waals surface area contributed by atoms with Crippen molar-refractivity contribution in [1.82, 2.24) is 10.6 Å². The summed E-state index contributed by atoms with van der Waals surface area (Å²) in [5, 5.41) is 136. The number of aliphatic carboxylic acids is 1. The highest BCUT2D eigenvalue weighted by Gasteiger charge is 2.60. The van der Waals surface area contributed by atoms with E-state index in [1.54, 1.807) is 0 Å². The van der Waals surface area contributed by atoms with E-state index in [2.05, 4.69) is 36.6 Å². The molecule has 3 aliphatic rings. The zero-order chi connectivity index (χ0) is 71.8. The molecule has 0 aromatic heterocycles. The number of aliphatic hydroxyl groups is 11. The molecule has 0 saturated carbocycles. The second-order valence-corrected chi connectivity index (χ2v) is 28.6. The molecule has 3 rings (SSSR count). The van der Waals surface area contributed by atoms with E-state index in [4.69, 9.17) is 28.4 Å². The van der Waals surface area contributed by atoms with Crippen molar-refractivity contribution in [1.29, 1.82) is 0 Å². The summed E-state index contributed by atoms with van der Waals surface area (Å²) in [4.78, 5) is 38.5. The molecule has 0 spiro atoms. The Hall–Kier alpha value is -2.53. The lowest BCUT2D eigenvalue weighted by Crippen LogP contribution is -2.70. The van der Waals surface area contributed by atoms with Crippen LogP contribution in [0.5, 0.6) is 0 Å². The Kier molecular flexibility index (Phi) is 50.4. The van der Waals surface area contributed by atoms with Gasteiger partial charge in [-0.3, -0.25) is 9.59 Å². The van der Waals surface area contributed by atoms with Crippen molar-refractivity contribution in [3.63, 3.8) is 0 Å². The van der Waals surface area contributed by atoms with Crippen molar-refractivity contribution in [3.05, 3.63) is 12.2 Å². The van der Waals surface area contributed by atoms with Gasteiger partial charge in [0.05, 0.1) is 50.7 Å². The predicted octanol–water partition coefficient (Wildman–Crippen LogP) is 9.41. The smallest absolute Gasteiger partial charge is 0.364 e.